The van der Waals surface area contributed by atoms with Crippen molar-refractivity contribution in [2.24, 2.45) is 0 Å². The Kier molecular flexibility index (Phi) is 11.8. The molecule has 0 heterocycles. The average molecular weight is 459 g/mol. The molecule has 0 spiro atoms. The lowest BCUT2D eigenvalue weighted by Gasteiger charge is -2.11. The van der Waals surface area contributed by atoms with Crippen molar-refractivity contribution in [3.8, 4) is 5.75 Å². The van der Waals surface area contributed by atoms with Crippen molar-refractivity contribution in [3.05, 3.63) is 60.2 Å². The summed E-state index contributed by atoms with van der Waals surface area (Å²) in [4.78, 5) is 23.8. The first-order valence-electron chi connectivity index (χ1n) is 10.6. The molecular weight excluding hydrogens is 428 g/mol. The number of carbonyl (C=O) groups is 2. The van der Waals surface area contributed by atoms with Crippen LogP contribution in [0.2, 0.25) is 0 Å². The van der Waals surface area contributed by atoms with Gasteiger partial charge in [0.25, 0.3) is 0 Å². The zero-order valence-electron chi connectivity index (χ0n) is 18.3. The zero-order valence-corrected chi connectivity index (χ0v) is 19.1. The van der Waals surface area contributed by atoms with Gasteiger partial charge in [-0.15, -0.1) is 0 Å². The fourth-order valence-electron chi connectivity index (χ4n) is 2.80. The van der Waals surface area contributed by atoms with Crippen LogP contribution < -0.4 is 15.4 Å². The smallest absolute Gasteiger partial charge is 0.305 e. The summed E-state index contributed by atoms with van der Waals surface area (Å²) in [7, 11) is 1.62. The van der Waals surface area contributed by atoms with E-state index in [0.717, 1.165) is 24.3 Å². The van der Waals surface area contributed by atoms with Crippen molar-refractivity contribution in [1.82, 2.24) is 5.32 Å². The molecule has 0 radical (unpaired) electrons. The van der Waals surface area contributed by atoms with E-state index in [2.05, 4.69) is 10.6 Å². The number of benzene rings is 2. The molecule has 8 heteroatoms. The second-order valence-corrected chi connectivity index (χ2v) is 7.44. The molecule has 0 aliphatic carbocycles. The van der Waals surface area contributed by atoms with E-state index in [4.69, 9.17) is 26.4 Å². The summed E-state index contributed by atoms with van der Waals surface area (Å²) in [5, 5.41) is 5.75. The van der Waals surface area contributed by atoms with Gasteiger partial charge in [0.15, 0.2) is 5.11 Å². The Morgan fingerprint density at radius 2 is 1.66 bits per heavy atom. The summed E-state index contributed by atoms with van der Waals surface area (Å²) in [6.45, 7) is 1.37. The highest BCUT2D eigenvalue weighted by Crippen LogP contribution is 2.15. The summed E-state index contributed by atoms with van der Waals surface area (Å²) in [5.41, 5.74) is 1.95. The second-order valence-electron chi connectivity index (χ2n) is 7.03. The highest BCUT2D eigenvalue weighted by molar-refractivity contribution is 7.80. The van der Waals surface area contributed by atoms with Crippen molar-refractivity contribution in [2.45, 2.75) is 32.1 Å². The van der Waals surface area contributed by atoms with Crippen molar-refractivity contribution < 1.29 is 23.8 Å². The maximum Gasteiger partial charge on any atom is 0.305 e. The SMILES string of the molecule is COCCOc1ccc(NC(=S)NC(=O)CCCC(=O)OCCCc2ccccc2)cc1. The van der Waals surface area contributed by atoms with E-state index < -0.39 is 0 Å². The molecule has 0 atom stereocenters. The van der Waals surface area contributed by atoms with Crippen molar-refractivity contribution in [2.75, 3.05) is 32.2 Å². The number of aryl methyl sites for hydroxylation is 1. The molecule has 1 amide bonds. The van der Waals surface area contributed by atoms with Crippen molar-refractivity contribution in [3.63, 3.8) is 0 Å². The topological polar surface area (TPSA) is 85.9 Å². The normalized spacial score (nSPS) is 10.3. The van der Waals surface area contributed by atoms with Gasteiger partial charge >= 0.3 is 5.97 Å². The van der Waals surface area contributed by atoms with Crippen LogP contribution in [0.5, 0.6) is 5.75 Å². The lowest BCUT2D eigenvalue weighted by molar-refractivity contribution is -0.143. The summed E-state index contributed by atoms with van der Waals surface area (Å²) in [5.74, 6) is 0.174. The van der Waals surface area contributed by atoms with Gasteiger partial charge in [-0.05, 0) is 61.3 Å². The Morgan fingerprint density at radius 1 is 0.906 bits per heavy atom. The molecule has 2 rings (SSSR count). The molecule has 7 nitrogen and oxygen atoms in total. The third kappa shape index (κ3) is 10.9. The van der Waals surface area contributed by atoms with Crippen LogP contribution in [0.1, 0.15) is 31.2 Å². The number of methoxy groups -OCH3 is 1. The number of amides is 1. The number of hydrogen-bond acceptors (Lipinski definition) is 6. The van der Waals surface area contributed by atoms with Gasteiger partial charge in [-0.1, -0.05) is 30.3 Å². The molecular formula is C24H30N2O5S. The molecule has 0 aliphatic rings. The van der Waals surface area contributed by atoms with Crippen LogP contribution in [-0.2, 0) is 25.5 Å². The fourth-order valence-corrected chi connectivity index (χ4v) is 3.03. The number of carbonyl (C=O) groups excluding carboxylic acids is 2. The predicted octanol–water partition coefficient (Wildman–Crippen LogP) is 3.87. The van der Waals surface area contributed by atoms with E-state index in [1.165, 1.54) is 5.56 Å². The minimum Gasteiger partial charge on any atom is -0.491 e. The molecule has 0 fully saturated rings. The van der Waals surface area contributed by atoms with E-state index in [0.29, 0.717) is 26.2 Å². The second kappa shape index (κ2) is 14.9. The fraction of sp³-hybridized carbons (Fsp3) is 0.375. The lowest BCUT2D eigenvalue weighted by Crippen LogP contribution is -2.34. The van der Waals surface area contributed by atoms with Gasteiger partial charge in [-0.3, -0.25) is 9.59 Å². The van der Waals surface area contributed by atoms with Crippen LogP contribution >= 0.6 is 12.2 Å². The number of anilines is 1. The van der Waals surface area contributed by atoms with Crippen LogP contribution in [0.4, 0.5) is 5.69 Å². The van der Waals surface area contributed by atoms with E-state index >= 15 is 0 Å². The van der Waals surface area contributed by atoms with Gasteiger partial charge in [-0.25, -0.2) is 0 Å². The van der Waals surface area contributed by atoms with E-state index in [1.54, 1.807) is 31.4 Å². The van der Waals surface area contributed by atoms with E-state index in [1.807, 2.05) is 30.3 Å². The number of thiocarbonyl (C=S) groups is 1. The first kappa shape index (κ1) is 25.3. The molecule has 0 bridgehead atoms. The van der Waals surface area contributed by atoms with Crippen LogP contribution in [-0.4, -0.2) is 43.9 Å². The number of ether oxygens (including phenoxy) is 3. The Hall–Kier alpha value is -2.97. The summed E-state index contributed by atoms with van der Waals surface area (Å²) in [6, 6.07) is 17.3. The number of hydrogen-bond donors (Lipinski definition) is 2. The first-order valence-corrected chi connectivity index (χ1v) is 11.0. The molecule has 0 saturated heterocycles. The monoisotopic (exact) mass is 458 g/mol. The van der Waals surface area contributed by atoms with Gasteiger partial charge in [0.1, 0.15) is 12.4 Å². The average Bonchev–Trinajstić information content (AvgIpc) is 2.79. The molecule has 32 heavy (non-hydrogen) atoms. The molecule has 2 aromatic carbocycles. The Bertz CT molecular complexity index is 843. The molecule has 2 N–H and O–H groups in total. The van der Waals surface area contributed by atoms with Crippen LogP contribution in [0.15, 0.2) is 54.6 Å². The van der Waals surface area contributed by atoms with Gasteiger partial charge < -0.3 is 24.8 Å². The zero-order chi connectivity index (χ0) is 23.0. The van der Waals surface area contributed by atoms with Crippen LogP contribution in [0, 0.1) is 0 Å². The molecule has 0 aliphatic heterocycles. The summed E-state index contributed by atoms with van der Waals surface area (Å²) < 4.78 is 15.6. The summed E-state index contributed by atoms with van der Waals surface area (Å²) in [6.07, 6.45) is 2.43. The van der Waals surface area contributed by atoms with E-state index in [-0.39, 0.29) is 29.8 Å². The molecule has 172 valence electrons. The standard InChI is InChI=1S/C24H30N2O5S/c1-29-17-18-30-21-14-12-20(13-15-21)25-24(32)26-22(27)10-5-11-23(28)31-16-6-9-19-7-3-2-4-8-19/h2-4,7-8,12-15H,5-6,9-11,16-18H2,1H3,(H2,25,26,27,32). The summed E-state index contributed by atoms with van der Waals surface area (Å²) >= 11 is 5.16. The van der Waals surface area contributed by atoms with Crippen molar-refractivity contribution in [1.29, 1.82) is 0 Å². The molecule has 0 aromatic heterocycles. The first-order chi connectivity index (χ1) is 15.6. The number of esters is 1. The highest BCUT2D eigenvalue weighted by Gasteiger charge is 2.08. The Morgan fingerprint density at radius 3 is 2.38 bits per heavy atom. The highest BCUT2D eigenvalue weighted by atomic mass is 32.1. The van der Waals surface area contributed by atoms with Gasteiger partial charge in [0, 0.05) is 25.6 Å². The van der Waals surface area contributed by atoms with Crippen LogP contribution in [0.3, 0.4) is 0 Å². The Balaban J connectivity index is 1.55. The van der Waals surface area contributed by atoms with Gasteiger partial charge in [0.2, 0.25) is 5.91 Å². The molecule has 0 saturated carbocycles. The maximum absolute atomic E-state index is 12.0. The van der Waals surface area contributed by atoms with Gasteiger partial charge in [-0.2, -0.15) is 0 Å². The van der Waals surface area contributed by atoms with E-state index in [9.17, 15) is 9.59 Å². The largest absolute Gasteiger partial charge is 0.491 e. The lowest BCUT2D eigenvalue weighted by atomic mass is 10.1. The quantitative estimate of drug-likeness (QED) is 0.268. The maximum atomic E-state index is 12.0. The third-order valence-electron chi connectivity index (χ3n) is 4.42. The minimum atomic E-state index is -0.292. The molecule has 2 aromatic rings. The van der Waals surface area contributed by atoms with Gasteiger partial charge in [0.05, 0.1) is 13.2 Å². The molecule has 0 unspecified atom stereocenters. The number of rotatable bonds is 13. The van der Waals surface area contributed by atoms with Crippen molar-refractivity contribution >= 4 is 34.9 Å². The third-order valence-corrected chi connectivity index (χ3v) is 4.63. The predicted molar refractivity (Wildman–Crippen MR) is 128 cm³/mol. The Labute approximate surface area is 194 Å². The minimum absolute atomic E-state index is 0.188. The van der Waals surface area contributed by atoms with Crippen LogP contribution in [0.25, 0.3) is 0 Å². The number of nitrogens with one attached hydrogen (secondary N) is 2.